The van der Waals surface area contributed by atoms with Crippen LogP contribution >= 0.6 is 0 Å². The van der Waals surface area contributed by atoms with Gasteiger partial charge in [-0.1, -0.05) is 18.2 Å². The quantitative estimate of drug-likeness (QED) is 0.865. The Morgan fingerprint density at radius 3 is 3.11 bits per heavy atom. The number of aromatic nitrogens is 1. The van der Waals surface area contributed by atoms with Crippen molar-refractivity contribution in [3.05, 3.63) is 36.0 Å². The summed E-state index contributed by atoms with van der Waals surface area (Å²) < 4.78 is 0. The first kappa shape index (κ1) is 12.2. The standard InChI is InChI=1S/C15H18N2O2/c18-10-11-4-3-7-17(9-11)15(19)13-8-16-14-6-2-1-5-12(13)14/h1-2,5-6,8,11,16,18H,3-4,7,9-10H2. The van der Waals surface area contributed by atoms with Crippen LogP contribution in [0.25, 0.3) is 10.9 Å². The molecule has 2 heterocycles. The Kier molecular flexibility index (Phi) is 3.25. The highest BCUT2D eigenvalue weighted by Gasteiger charge is 2.25. The Hall–Kier alpha value is -1.81. The second-order valence-electron chi connectivity index (χ2n) is 5.19. The molecular formula is C15H18N2O2. The molecular weight excluding hydrogens is 240 g/mol. The van der Waals surface area contributed by atoms with Crippen LogP contribution in [-0.4, -0.2) is 40.6 Å². The fraction of sp³-hybridized carbons (Fsp3) is 0.400. The zero-order valence-electron chi connectivity index (χ0n) is 10.8. The van der Waals surface area contributed by atoms with Crippen LogP contribution in [0.2, 0.25) is 0 Å². The van der Waals surface area contributed by atoms with Gasteiger partial charge in [-0.3, -0.25) is 4.79 Å². The number of nitrogens with zero attached hydrogens (tertiary/aromatic N) is 1. The van der Waals surface area contributed by atoms with E-state index in [1.807, 2.05) is 29.2 Å². The molecule has 0 bridgehead atoms. The minimum atomic E-state index is 0.0654. The molecule has 1 unspecified atom stereocenters. The number of fused-ring (bicyclic) bond motifs is 1. The zero-order chi connectivity index (χ0) is 13.2. The molecule has 1 saturated heterocycles. The van der Waals surface area contributed by atoms with E-state index < -0.39 is 0 Å². The minimum absolute atomic E-state index is 0.0654. The van der Waals surface area contributed by atoms with Gasteiger partial charge in [0.1, 0.15) is 0 Å². The second kappa shape index (κ2) is 5.05. The topological polar surface area (TPSA) is 56.3 Å². The summed E-state index contributed by atoms with van der Waals surface area (Å²) in [5.41, 5.74) is 1.72. The first-order valence-electron chi connectivity index (χ1n) is 6.76. The van der Waals surface area contributed by atoms with Crippen molar-refractivity contribution in [1.29, 1.82) is 0 Å². The first-order chi connectivity index (χ1) is 9.29. The van der Waals surface area contributed by atoms with Crippen molar-refractivity contribution < 1.29 is 9.90 Å². The predicted octanol–water partition coefficient (Wildman–Crippen LogP) is 2.01. The molecule has 1 aromatic heterocycles. The number of rotatable bonds is 2. The summed E-state index contributed by atoms with van der Waals surface area (Å²) in [7, 11) is 0. The van der Waals surface area contributed by atoms with E-state index in [0.717, 1.165) is 35.9 Å². The summed E-state index contributed by atoms with van der Waals surface area (Å²) in [5, 5.41) is 10.2. The summed E-state index contributed by atoms with van der Waals surface area (Å²) in [4.78, 5) is 17.6. The molecule has 19 heavy (non-hydrogen) atoms. The van der Waals surface area contributed by atoms with Gasteiger partial charge in [0.15, 0.2) is 0 Å². The van der Waals surface area contributed by atoms with E-state index in [1.54, 1.807) is 6.20 Å². The summed E-state index contributed by atoms with van der Waals surface area (Å²) in [6.07, 6.45) is 3.77. The molecule has 0 spiro atoms. The molecule has 0 saturated carbocycles. The Morgan fingerprint density at radius 1 is 1.42 bits per heavy atom. The predicted molar refractivity (Wildman–Crippen MR) is 74.0 cm³/mol. The average Bonchev–Trinajstić information content (AvgIpc) is 2.90. The van der Waals surface area contributed by atoms with E-state index in [-0.39, 0.29) is 18.4 Å². The molecule has 3 rings (SSSR count). The van der Waals surface area contributed by atoms with Crippen molar-refractivity contribution >= 4 is 16.8 Å². The summed E-state index contributed by atoms with van der Waals surface area (Å²) in [5.74, 6) is 0.290. The maximum absolute atomic E-state index is 12.6. The van der Waals surface area contributed by atoms with E-state index in [9.17, 15) is 9.90 Å². The molecule has 0 radical (unpaired) electrons. The number of carbonyl (C=O) groups excluding carboxylic acids is 1. The maximum atomic E-state index is 12.6. The number of amides is 1. The van der Waals surface area contributed by atoms with Crippen LogP contribution in [0.5, 0.6) is 0 Å². The van der Waals surface area contributed by atoms with Gasteiger partial charge in [0.2, 0.25) is 0 Å². The number of H-pyrrole nitrogens is 1. The second-order valence-corrected chi connectivity index (χ2v) is 5.19. The molecule has 100 valence electrons. The number of piperidine rings is 1. The molecule has 2 aromatic rings. The van der Waals surface area contributed by atoms with Gasteiger partial charge < -0.3 is 15.0 Å². The summed E-state index contributed by atoms with van der Waals surface area (Å²) in [6.45, 7) is 1.61. The fourth-order valence-electron chi connectivity index (χ4n) is 2.82. The van der Waals surface area contributed by atoms with Crippen LogP contribution in [0.4, 0.5) is 0 Å². The van der Waals surface area contributed by atoms with E-state index in [2.05, 4.69) is 4.98 Å². The van der Waals surface area contributed by atoms with E-state index in [4.69, 9.17) is 0 Å². The highest BCUT2D eigenvalue weighted by Crippen LogP contribution is 2.22. The highest BCUT2D eigenvalue weighted by molar-refractivity contribution is 6.06. The van der Waals surface area contributed by atoms with Gasteiger partial charge in [-0.25, -0.2) is 0 Å². The van der Waals surface area contributed by atoms with Crippen LogP contribution in [0.3, 0.4) is 0 Å². The zero-order valence-corrected chi connectivity index (χ0v) is 10.8. The molecule has 1 fully saturated rings. The highest BCUT2D eigenvalue weighted by atomic mass is 16.3. The van der Waals surface area contributed by atoms with Crippen molar-refractivity contribution in [1.82, 2.24) is 9.88 Å². The molecule has 1 amide bonds. The molecule has 1 aliphatic rings. The lowest BCUT2D eigenvalue weighted by molar-refractivity contribution is 0.0622. The number of aliphatic hydroxyl groups is 1. The van der Waals surface area contributed by atoms with Crippen LogP contribution in [0.1, 0.15) is 23.2 Å². The Bertz CT molecular complexity index is 591. The lowest BCUT2D eigenvalue weighted by Gasteiger charge is -2.31. The van der Waals surface area contributed by atoms with Gasteiger partial charge >= 0.3 is 0 Å². The van der Waals surface area contributed by atoms with E-state index >= 15 is 0 Å². The maximum Gasteiger partial charge on any atom is 0.256 e. The number of hydrogen-bond donors (Lipinski definition) is 2. The van der Waals surface area contributed by atoms with Crippen molar-refractivity contribution in [3.8, 4) is 0 Å². The lowest BCUT2D eigenvalue weighted by atomic mass is 9.98. The van der Waals surface area contributed by atoms with Crippen molar-refractivity contribution in [2.24, 2.45) is 5.92 Å². The number of aliphatic hydroxyl groups excluding tert-OH is 1. The van der Waals surface area contributed by atoms with E-state index in [1.165, 1.54) is 0 Å². The lowest BCUT2D eigenvalue weighted by Crippen LogP contribution is -2.40. The molecule has 2 N–H and O–H groups in total. The number of likely N-dealkylation sites (tertiary alicyclic amines) is 1. The van der Waals surface area contributed by atoms with Gasteiger partial charge in [-0.15, -0.1) is 0 Å². The third-order valence-corrected chi connectivity index (χ3v) is 3.88. The number of para-hydroxylation sites is 1. The summed E-state index contributed by atoms with van der Waals surface area (Å²) >= 11 is 0. The molecule has 4 heteroatoms. The third kappa shape index (κ3) is 2.24. The Morgan fingerprint density at radius 2 is 2.26 bits per heavy atom. The Labute approximate surface area is 112 Å². The summed E-state index contributed by atoms with van der Waals surface area (Å²) in [6, 6.07) is 7.83. The van der Waals surface area contributed by atoms with E-state index in [0.29, 0.717) is 6.54 Å². The molecule has 1 aromatic carbocycles. The van der Waals surface area contributed by atoms with Gasteiger partial charge in [-0.05, 0) is 24.8 Å². The minimum Gasteiger partial charge on any atom is -0.396 e. The largest absolute Gasteiger partial charge is 0.396 e. The number of benzene rings is 1. The van der Waals surface area contributed by atoms with Gasteiger partial charge in [-0.2, -0.15) is 0 Å². The van der Waals surface area contributed by atoms with Crippen molar-refractivity contribution in [3.63, 3.8) is 0 Å². The van der Waals surface area contributed by atoms with Crippen LogP contribution in [0.15, 0.2) is 30.5 Å². The molecule has 4 nitrogen and oxygen atoms in total. The van der Waals surface area contributed by atoms with Gasteiger partial charge in [0.25, 0.3) is 5.91 Å². The first-order valence-corrected chi connectivity index (χ1v) is 6.76. The number of nitrogens with one attached hydrogen (secondary N) is 1. The normalized spacial score (nSPS) is 19.8. The van der Waals surface area contributed by atoms with Gasteiger partial charge in [0, 0.05) is 36.8 Å². The molecule has 1 aliphatic heterocycles. The smallest absolute Gasteiger partial charge is 0.256 e. The average molecular weight is 258 g/mol. The number of aromatic amines is 1. The van der Waals surface area contributed by atoms with Crippen molar-refractivity contribution in [2.75, 3.05) is 19.7 Å². The monoisotopic (exact) mass is 258 g/mol. The number of carbonyl (C=O) groups is 1. The fourth-order valence-corrected chi connectivity index (χ4v) is 2.82. The van der Waals surface area contributed by atoms with Crippen LogP contribution < -0.4 is 0 Å². The van der Waals surface area contributed by atoms with Gasteiger partial charge in [0.05, 0.1) is 5.56 Å². The third-order valence-electron chi connectivity index (χ3n) is 3.88. The molecule has 1 atom stereocenters. The van der Waals surface area contributed by atoms with Crippen molar-refractivity contribution in [2.45, 2.75) is 12.8 Å². The van der Waals surface area contributed by atoms with Crippen LogP contribution in [-0.2, 0) is 0 Å². The Balaban J connectivity index is 1.87. The van der Waals surface area contributed by atoms with Crippen LogP contribution in [0, 0.1) is 5.92 Å². The SMILES string of the molecule is O=C(c1c[nH]c2ccccc12)N1CCCC(CO)C1. The number of hydrogen-bond acceptors (Lipinski definition) is 2. The molecule has 0 aliphatic carbocycles.